The van der Waals surface area contributed by atoms with Crippen molar-refractivity contribution in [3.63, 3.8) is 0 Å². The number of nitrogens with one attached hydrogen (secondary N) is 1. The van der Waals surface area contributed by atoms with Crippen LogP contribution in [0.3, 0.4) is 0 Å². The molecule has 0 saturated heterocycles. The predicted molar refractivity (Wildman–Crippen MR) is 96.7 cm³/mol. The van der Waals surface area contributed by atoms with Crippen LogP contribution in [0.5, 0.6) is 5.75 Å². The molecule has 1 N–H and O–H groups in total. The number of likely N-dealkylation sites (N-methyl/N-ethyl adjacent to an activating group) is 1. The molecule has 1 heterocycles. The minimum absolute atomic E-state index is 0.209. The molecule has 0 spiro atoms. The van der Waals surface area contributed by atoms with Gasteiger partial charge in [-0.3, -0.25) is 14.4 Å². The first-order valence-electron chi connectivity index (χ1n) is 7.90. The molecule has 0 aliphatic rings. The van der Waals surface area contributed by atoms with Gasteiger partial charge in [0.2, 0.25) is 0 Å². The van der Waals surface area contributed by atoms with E-state index in [2.05, 4.69) is 5.32 Å². The van der Waals surface area contributed by atoms with Gasteiger partial charge in [-0.2, -0.15) is 11.3 Å². The molecule has 138 valence electrons. The molecular formula is C18H20N2O5S. The van der Waals surface area contributed by atoms with Crippen LogP contribution in [0.1, 0.15) is 5.56 Å². The molecule has 8 heteroatoms. The molecule has 0 aliphatic heterocycles. The van der Waals surface area contributed by atoms with E-state index in [0.29, 0.717) is 12.3 Å². The minimum Gasteiger partial charge on any atom is -0.484 e. The van der Waals surface area contributed by atoms with Gasteiger partial charge in [-0.05, 0) is 34.5 Å². The summed E-state index contributed by atoms with van der Waals surface area (Å²) in [5, 5.41) is 6.26. The number of nitrogens with zero attached hydrogens (tertiary/aromatic N) is 1. The maximum atomic E-state index is 11.9. The number of ether oxygens (including phenoxy) is 2. The van der Waals surface area contributed by atoms with Crippen LogP contribution in [0.15, 0.2) is 47.2 Å². The Morgan fingerprint density at radius 1 is 1.12 bits per heavy atom. The lowest BCUT2D eigenvalue weighted by Gasteiger charge is -2.16. The summed E-state index contributed by atoms with van der Waals surface area (Å²) >= 11 is 1.55. The van der Waals surface area contributed by atoms with E-state index in [1.165, 1.54) is 4.90 Å². The van der Waals surface area contributed by atoms with Gasteiger partial charge in [0, 0.05) is 13.6 Å². The minimum atomic E-state index is -0.685. The molecule has 0 atom stereocenters. The molecule has 7 nitrogen and oxygen atoms in total. The summed E-state index contributed by atoms with van der Waals surface area (Å²) in [6.45, 7) is -0.443. The van der Waals surface area contributed by atoms with Gasteiger partial charge in [0.25, 0.3) is 11.8 Å². The molecule has 0 bridgehead atoms. The van der Waals surface area contributed by atoms with E-state index >= 15 is 0 Å². The number of hydrogen-bond acceptors (Lipinski definition) is 6. The van der Waals surface area contributed by atoms with E-state index in [0.717, 1.165) is 5.56 Å². The van der Waals surface area contributed by atoms with Crippen molar-refractivity contribution < 1.29 is 23.9 Å². The number of hydrogen-bond donors (Lipinski definition) is 1. The Hall–Kier alpha value is -2.87. The molecule has 2 amide bonds. The summed E-state index contributed by atoms with van der Waals surface area (Å²) in [5.41, 5.74) is 1.02. The normalized spacial score (nSPS) is 10.0. The van der Waals surface area contributed by atoms with Crippen LogP contribution in [-0.2, 0) is 25.7 Å². The van der Waals surface area contributed by atoms with E-state index in [4.69, 9.17) is 9.47 Å². The smallest absolute Gasteiger partial charge is 0.325 e. The zero-order valence-corrected chi connectivity index (χ0v) is 15.2. The summed E-state index contributed by atoms with van der Waals surface area (Å²) in [6, 6.07) is 10.8. The molecule has 0 radical (unpaired) electrons. The zero-order valence-electron chi connectivity index (χ0n) is 14.3. The van der Waals surface area contributed by atoms with Crippen molar-refractivity contribution in [1.29, 1.82) is 0 Å². The standard InChI is InChI=1S/C18H20N2O5S/c1-20(10-14-7-8-26-13-14)17(22)12-25-18(23)9-19-16(21)11-24-15-5-3-2-4-6-15/h2-8,13H,9-12H2,1H3,(H,19,21). The second kappa shape index (κ2) is 10.2. The van der Waals surface area contributed by atoms with Crippen LogP contribution in [-0.4, -0.2) is 49.5 Å². The van der Waals surface area contributed by atoms with Gasteiger partial charge in [-0.15, -0.1) is 0 Å². The first-order valence-corrected chi connectivity index (χ1v) is 8.84. The average Bonchev–Trinajstić information content (AvgIpc) is 3.16. The highest BCUT2D eigenvalue weighted by molar-refractivity contribution is 7.07. The third-order valence-electron chi connectivity index (χ3n) is 3.33. The third kappa shape index (κ3) is 6.94. The van der Waals surface area contributed by atoms with E-state index in [1.54, 1.807) is 42.6 Å². The van der Waals surface area contributed by atoms with E-state index in [9.17, 15) is 14.4 Å². The Morgan fingerprint density at radius 3 is 2.58 bits per heavy atom. The summed E-state index contributed by atoms with van der Waals surface area (Å²) in [4.78, 5) is 36.6. The topological polar surface area (TPSA) is 84.9 Å². The van der Waals surface area contributed by atoms with Crippen LogP contribution >= 0.6 is 11.3 Å². The van der Waals surface area contributed by atoms with Gasteiger partial charge in [0.05, 0.1) is 0 Å². The number of benzene rings is 1. The molecule has 1 aromatic carbocycles. The van der Waals surface area contributed by atoms with Crippen molar-refractivity contribution in [3.8, 4) is 5.75 Å². The van der Waals surface area contributed by atoms with Crippen molar-refractivity contribution >= 4 is 29.1 Å². The first kappa shape index (κ1) is 19.5. The van der Waals surface area contributed by atoms with Crippen LogP contribution in [0.25, 0.3) is 0 Å². The van der Waals surface area contributed by atoms with Gasteiger partial charge in [0.15, 0.2) is 13.2 Å². The monoisotopic (exact) mass is 376 g/mol. The second-order valence-corrected chi connectivity index (χ2v) is 6.20. The number of esters is 1. The molecule has 26 heavy (non-hydrogen) atoms. The lowest BCUT2D eigenvalue weighted by atomic mass is 10.3. The quantitative estimate of drug-likeness (QED) is 0.670. The Morgan fingerprint density at radius 2 is 1.88 bits per heavy atom. The maximum Gasteiger partial charge on any atom is 0.325 e. The third-order valence-corrected chi connectivity index (χ3v) is 4.06. The first-order chi connectivity index (χ1) is 12.5. The number of carbonyl (C=O) groups is 3. The summed E-state index contributed by atoms with van der Waals surface area (Å²) in [7, 11) is 1.64. The summed E-state index contributed by atoms with van der Waals surface area (Å²) < 4.78 is 10.1. The number of amides is 2. The molecular weight excluding hydrogens is 356 g/mol. The second-order valence-electron chi connectivity index (χ2n) is 5.42. The van der Waals surface area contributed by atoms with Crippen molar-refractivity contribution in [2.24, 2.45) is 0 Å². The van der Waals surface area contributed by atoms with Crippen LogP contribution < -0.4 is 10.1 Å². The van der Waals surface area contributed by atoms with Crippen molar-refractivity contribution in [2.45, 2.75) is 6.54 Å². The van der Waals surface area contributed by atoms with Crippen molar-refractivity contribution in [2.75, 3.05) is 26.8 Å². The Kier molecular flexibility index (Phi) is 7.63. The molecule has 0 saturated carbocycles. The van der Waals surface area contributed by atoms with Gasteiger partial charge >= 0.3 is 5.97 Å². The molecule has 0 fully saturated rings. The van der Waals surface area contributed by atoms with E-state index in [1.807, 2.05) is 22.9 Å². The Balaban J connectivity index is 1.60. The predicted octanol–water partition coefficient (Wildman–Crippen LogP) is 1.44. The van der Waals surface area contributed by atoms with Crippen LogP contribution in [0.2, 0.25) is 0 Å². The van der Waals surface area contributed by atoms with Gasteiger partial charge in [-0.1, -0.05) is 18.2 Å². The average molecular weight is 376 g/mol. The number of carbonyl (C=O) groups excluding carboxylic acids is 3. The molecule has 2 aromatic rings. The summed E-state index contributed by atoms with van der Waals surface area (Å²) in [5.74, 6) is -0.894. The SMILES string of the molecule is CN(Cc1ccsc1)C(=O)COC(=O)CNC(=O)COc1ccccc1. The van der Waals surface area contributed by atoms with E-state index < -0.39 is 11.9 Å². The van der Waals surface area contributed by atoms with Crippen molar-refractivity contribution in [3.05, 3.63) is 52.7 Å². The fraction of sp³-hybridized carbons (Fsp3) is 0.278. The Bertz CT molecular complexity index is 718. The largest absolute Gasteiger partial charge is 0.484 e. The summed E-state index contributed by atoms with van der Waals surface area (Å²) in [6.07, 6.45) is 0. The number of rotatable bonds is 9. The number of thiophene rings is 1. The lowest BCUT2D eigenvalue weighted by Crippen LogP contribution is -2.36. The molecule has 0 unspecified atom stereocenters. The lowest BCUT2D eigenvalue weighted by molar-refractivity contribution is -0.151. The van der Waals surface area contributed by atoms with Crippen LogP contribution in [0.4, 0.5) is 0 Å². The molecule has 1 aromatic heterocycles. The fourth-order valence-corrected chi connectivity index (χ4v) is 2.60. The van der Waals surface area contributed by atoms with Gasteiger partial charge in [0.1, 0.15) is 12.3 Å². The highest BCUT2D eigenvalue weighted by Gasteiger charge is 2.13. The van der Waals surface area contributed by atoms with E-state index in [-0.39, 0.29) is 25.7 Å². The highest BCUT2D eigenvalue weighted by atomic mass is 32.1. The van der Waals surface area contributed by atoms with Crippen LogP contribution in [0, 0.1) is 0 Å². The molecule has 0 aliphatic carbocycles. The van der Waals surface area contributed by atoms with Gasteiger partial charge in [-0.25, -0.2) is 0 Å². The zero-order chi connectivity index (χ0) is 18.8. The Labute approximate surface area is 155 Å². The van der Waals surface area contributed by atoms with Gasteiger partial charge < -0.3 is 19.7 Å². The fourth-order valence-electron chi connectivity index (χ4n) is 1.94. The highest BCUT2D eigenvalue weighted by Crippen LogP contribution is 2.08. The number of para-hydroxylation sites is 1. The molecule has 2 rings (SSSR count). The maximum absolute atomic E-state index is 11.9. The van der Waals surface area contributed by atoms with Crippen molar-refractivity contribution in [1.82, 2.24) is 10.2 Å².